The number of carbonyl (C=O) groups is 1. The number of anilines is 1. The number of hydrogen-bond acceptors (Lipinski definition) is 5. The van der Waals surface area contributed by atoms with Gasteiger partial charge in [0.1, 0.15) is 0 Å². The van der Waals surface area contributed by atoms with Gasteiger partial charge in [0.15, 0.2) is 11.8 Å². The first-order valence-electron chi connectivity index (χ1n) is 6.01. The zero-order valence-corrected chi connectivity index (χ0v) is 11.5. The van der Waals surface area contributed by atoms with E-state index >= 15 is 0 Å². The van der Waals surface area contributed by atoms with Gasteiger partial charge in [-0.25, -0.2) is 9.78 Å². The Morgan fingerprint density at radius 3 is 2.63 bits per heavy atom. The minimum atomic E-state index is -1.03. The third-order valence-electron chi connectivity index (χ3n) is 3.10. The first-order chi connectivity index (χ1) is 8.90. The molecule has 0 fully saturated rings. The standard InChI is InChI=1S/C13H17N3O3/c1-7-5-11(19-15-7)9-6-10(16(3)4)8(2)12(14-9)13(17)18/h6,11H,5H2,1-4H3,(H,17,18). The Labute approximate surface area is 111 Å². The van der Waals surface area contributed by atoms with Crippen LogP contribution in [0.2, 0.25) is 0 Å². The van der Waals surface area contributed by atoms with Gasteiger partial charge in [0.2, 0.25) is 0 Å². The van der Waals surface area contributed by atoms with E-state index in [1.54, 1.807) is 6.92 Å². The molecule has 0 aliphatic carbocycles. The van der Waals surface area contributed by atoms with Crippen molar-refractivity contribution >= 4 is 17.4 Å². The quantitative estimate of drug-likeness (QED) is 0.902. The van der Waals surface area contributed by atoms with E-state index in [9.17, 15) is 9.90 Å². The topological polar surface area (TPSA) is 75.0 Å². The molecule has 1 atom stereocenters. The maximum Gasteiger partial charge on any atom is 0.354 e. The Balaban J connectivity index is 2.48. The lowest BCUT2D eigenvalue weighted by atomic mass is 10.1. The van der Waals surface area contributed by atoms with Gasteiger partial charge < -0.3 is 14.8 Å². The highest BCUT2D eigenvalue weighted by Crippen LogP contribution is 2.30. The van der Waals surface area contributed by atoms with Crippen molar-refractivity contribution in [2.24, 2.45) is 5.16 Å². The third-order valence-corrected chi connectivity index (χ3v) is 3.10. The van der Waals surface area contributed by atoms with Gasteiger partial charge in [0.25, 0.3) is 0 Å². The number of nitrogens with zero attached hydrogens (tertiary/aromatic N) is 3. The van der Waals surface area contributed by atoms with Gasteiger partial charge in [-0.1, -0.05) is 5.16 Å². The lowest BCUT2D eigenvalue weighted by molar-refractivity contribution is 0.0682. The molecule has 6 nitrogen and oxygen atoms in total. The van der Waals surface area contributed by atoms with Gasteiger partial charge in [-0.05, 0) is 19.9 Å². The van der Waals surface area contributed by atoms with Gasteiger partial charge in [0.05, 0.1) is 11.4 Å². The average molecular weight is 263 g/mol. The summed E-state index contributed by atoms with van der Waals surface area (Å²) >= 11 is 0. The van der Waals surface area contributed by atoms with Crippen LogP contribution in [-0.2, 0) is 4.84 Å². The van der Waals surface area contributed by atoms with E-state index in [0.29, 0.717) is 17.7 Å². The van der Waals surface area contributed by atoms with E-state index in [1.165, 1.54) is 0 Å². The van der Waals surface area contributed by atoms with Gasteiger partial charge >= 0.3 is 5.97 Å². The Kier molecular flexibility index (Phi) is 3.42. The highest BCUT2D eigenvalue weighted by Gasteiger charge is 2.25. The summed E-state index contributed by atoms with van der Waals surface area (Å²) < 4.78 is 0. The van der Waals surface area contributed by atoms with Gasteiger partial charge in [0, 0.05) is 31.8 Å². The molecule has 102 valence electrons. The Hall–Kier alpha value is -2.11. The second-order valence-corrected chi connectivity index (χ2v) is 4.86. The fourth-order valence-electron chi connectivity index (χ4n) is 2.11. The van der Waals surface area contributed by atoms with Gasteiger partial charge in [-0.2, -0.15) is 0 Å². The van der Waals surface area contributed by atoms with Crippen molar-refractivity contribution in [2.75, 3.05) is 19.0 Å². The van der Waals surface area contributed by atoms with E-state index in [4.69, 9.17) is 4.84 Å². The molecule has 0 amide bonds. The average Bonchev–Trinajstić information content (AvgIpc) is 2.75. The summed E-state index contributed by atoms with van der Waals surface area (Å²) in [5.41, 5.74) is 3.03. The van der Waals surface area contributed by atoms with Crippen LogP contribution in [-0.4, -0.2) is 35.9 Å². The van der Waals surface area contributed by atoms with E-state index in [-0.39, 0.29) is 11.8 Å². The Morgan fingerprint density at radius 2 is 2.16 bits per heavy atom. The second-order valence-electron chi connectivity index (χ2n) is 4.86. The zero-order chi connectivity index (χ0) is 14.2. The van der Waals surface area contributed by atoms with Crippen molar-refractivity contribution in [3.63, 3.8) is 0 Å². The van der Waals surface area contributed by atoms with Crippen molar-refractivity contribution in [3.05, 3.63) is 23.0 Å². The number of pyridine rings is 1. The molecule has 1 aromatic rings. The normalized spacial score (nSPS) is 17.9. The highest BCUT2D eigenvalue weighted by atomic mass is 16.6. The monoisotopic (exact) mass is 263 g/mol. The van der Waals surface area contributed by atoms with E-state index in [0.717, 1.165) is 11.4 Å². The summed E-state index contributed by atoms with van der Waals surface area (Å²) in [4.78, 5) is 22.6. The first-order valence-corrected chi connectivity index (χ1v) is 6.01. The van der Waals surface area contributed by atoms with Crippen molar-refractivity contribution in [3.8, 4) is 0 Å². The Bertz CT molecular complexity index is 552. The molecular formula is C13H17N3O3. The lowest BCUT2D eigenvalue weighted by Gasteiger charge is -2.19. The maximum absolute atomic E-state index is 11.3. The molecule has 1 aromatic heterocycles. The van der Waals surface area contributed by atoms with Crippen molar-refractivity contribution in [2.45, 2.75) is 26.4 Å². The molecule has 1 aliphatic heterocycles. The predicted molar refractivity (Wildman–Crippen MR) is 71.8 cm³/mol. The minimum Gasteiger partial charge on any atom is -0.477 e. The molecule has 0 saturated carbocycles. The summed E-state index contributed by atoms with van der Waals surface area (Å²) in [5, 5.41) is 13.1. The van der Waals surface area contributed by atoms with Crippen LogP contribution in [0.5, 0.6) is 0 Å². The predicted octanol–water partition coefficient (Wildman–Crippen LogP) is 1.99. The molecule has 6 heteroatoms. The zero-order valence-electron chi connectivity index (χ0n) is 11.5. The molecule has 1 aliphatic rings. The fourth-order valence-corrected chi connectivity index (χ4v) is 2.11. The molecular weight excluding hydrogens is 246 g/mol. The van der Waals surface area contributed by atoms with Crippen LogP contribution >= 0.6 is 0 Å². The van der Waals surface area contributed by atoms with Crippen LogP contribution in [0.15, 0.2) is 11.2 Å². The number of oxime groups is 1. The number of rotatable bonds is 3. The van der Waals surface area contributed by atoms with Crippen LogP contribution in [0, 0.1) is 6.92 Å². The van der Waals surface area contributed by atoms with E-state index in [2.05, 4.69) is 10.1 Å². The van der Waals surface area contributed by atoms with Gasteiger partial charge in [-0.15, -0.1) is 0 Å². The number of carboxylic acids is 1. The maximum atomic E-state index is 11.3. The number of carboxylic acid groups (broad SMARTS) is 1. The van der Waals surface area contributed by atoms with Crippen LogP contribution in [0.25, 0.3) is 0 Å². The first kappa shape index (κ1) is 13.3. The van der Waals surface area contributed by atoms with E-state index in [1.807, 2.05) is 32.0 Å². The number of hydrogen-bond donors (Lipinski definition) is 1. The molecule has 2 rings (SSSR count). The summed E-state index contributed by atoms with van der Waals surface area (Å²) in [7, 11) is 3.74. The SMILES string of the molecule is CC1=NOC(c2cc(N(C)C)c(C)c(C(=O)O)n2)C1. The number of aromatic carboxylic acids is 1. The molecule has 2 heterocycles. The molecule has 0 spiro atoms. The second kappa shape index (κ2) is 4.87. The van der Waals surface area contributed by atoms with Crippen LogP contribution < -0.4 is 4.90 Å². The highest BCUT2D eigenvalue weighted by molar-refractivity contribution is 5.89. The van der Waals surface area contributed by atoms with Crippen LogP contribution in [0.1, 0.15) is 41.2 Å². The third kappa shape index (κ3) is 2.52. The lowest BCUT2D eigenvalue weighted by Crippen LogP contribution is -2.16. The number of aromatic nitrogens is 1. The van der Waals surface area contributed by atoms with E-state index < -0.39 is 5.97 Å². The van der Waals surface area contributed by atoms with Crippen LogP contribution in [0.4, 0.5) is 5.69 Å². The summed E-state index contributed by atoms with van der Waals surface area (Å²) in [6, 6.07) is 1.86. The smallest absolute Gasteiger partial charge is 0.354 e. The summed E-state index contributed by atoms with van der Waals surface area (Å²) in [5.74, 6) is -1.03. The van der Waals surface area contributed by atoms with Crippen molar-refractivity contribution < 1.29 is 14.7 Å². The van der Waals surface area contributed by atoms with Crippen molar-refractivity contribution in [1.29, 1.82) is 0 Å². The molecule has 0 aromatic carbocycles. The molecule has 1 unspecified atom stereocenters. The summed E-state index contributed by atoms with van der Waals surface area (Å²) in [6.45, 7) is 3.63. The molecule has 1 N–H and O–H groups in total. The molecule has 19 heavy (non-hydrogen) atoms. The largest absolute Gasteiger partial charge is 0.477 e. The van der Waals surface area contributed by atoms with Gasteiger partial charge in [-0.3, -0.25) is 0 Å². The molecule has 0 radical (unpaired) electrons. The summed E-state index contributed by atoms with van der Waals surface area (Å²) in [6.07, 6.45) is 0.347. The minimum absolute atomic E-state index is 0.0642. The van der Waals surface area contributed by atoms with Crippen LogP contribution in [0.3, 0.4) is 0 Å². The fraction of sp³-hybridized carbons (Fsp3) is 0.462. The van der Waals surface area contributed by atoms with Crippen molar-refractivity contribution in [1.82, 2.24) is 4.98 Å². The molecule has 0 bridgehead atoms. The molecule has 0 saturated heterocycles. The Morgan fingerprint density at radius 1 is 1.47 bits per heavy atom.